The maximum atomic E-state index is 13.3. The Hall–Kier alpha value is -1.56. The standard InChI is InChI=1S/C22H30O5S/c1-20(2)7-5-8-21(3)16(20)6-9-22(4)17(21)12-28(26,27)15-11-13(23)10-14(18(15)22)19(24)25/h10-11,16-17,23H,5-9,12H2,1-4H3,(H,24,25). The van der Waals surface area contributed by atoms with Crippen molar-refractivity contribution in [1.29, 1.82) is 0 Å². The molecule has 0 spiro atoms. The molecule has 2 saturated carbocycles. The number of carboxylic acid groups (broad SMARTS) is 1. The number of phenolic OH excluding ortho intramolecular Hbond substituents is 1. The van der Waals surface area contributed by atoms with Crippen molar-refractivity contribution >= 4 is 15.8 Å². The summed E-state index contributed by atoms with van der Waals surface area (Å²) in [6, 6.07) is 2.46. The molecule has 1 heterocycles. The van der Waals surface area contributed by atoms with Crippen LogP contribution in [-0.4, -0.2) is 30.4 Å². The summed E-state index contributed by atoms with van der Waals surface area (Å²) >= 11 is 0. The summed E-state index contributed by atoms with van der Waals surface area (Å²) in [7, 11) is -3.68. The van der Waals surface area contributed by atoms with Gasteiger partial charge in [-0.3, -0.25) is 0 Å². The molecule has 0 saturated heterocycles. The average Bonchev–Trinajstić information content (AvgIpc) is 2.55. The fourth-order valence-corrected chi connectivity index (χ4v) is 9.56. The van der Waals surface area contributed by atoms with E-state index in [0.717, 1.165) is 32.1 Å². The van der Waals surface area contributed by atoms with Crippen LogP contribution in [0.15, 0.2) is 17.0 Å². The Morgan fingerprint density at radius 2 is 1.75 bits per heavy atom. The first-order chi connectivity index (χ1) is 12.8. The first-order valence-corrected chi connectivity index (χ1v) is 11.8. The average molecular weight is 407 g/mol. The number of phenols is 1. The van der Waals surface area contributed by atoms with E-state index in [1.54, 1.807) is 0 Å². The van der Waals surface area contributed by atoms with Crippen LogP contribution in [0.5, 0.6) is 5.75 Å². The summed E-state index contributed by atoms with van der Waals surface area (Å²) in [6.45, 7) is 8.88. The minimum Gasteiger partial charge on any atom is -0.508 e. The van der Waals surface area contributed by atoms with Crippen molar-refractivity contribution in [2.24, 2.45) is 22.7 Å². The number of hydrogen-bond donors (Lipinski definition) is 2. The SMILES string of the molecule is CC1(C)CCCC2(C)C1CCC1(C)c3c(C(=O)O)cc(O)cc3S(=O)(=O)CC12. The van der Waals surface area contributed by atoms with Gasteiger partial charge in [-0.2, -0.15) is 0 Å². The van der Waals surface area contributed by atoms with E-state index >= 15 is 0 Å². The van der Waals surface area contributed by atoms with Crippen LogP contribution in [0.25, 0.3) is 0 Å². The highest BCUT2D eigenvalue weighted by atomic mass is 32.2. The number of fused-ring (bicyclic) bond motifs is 5. The molecule has 1 aliphatic heterocycles. The number of aromatic carboxylic acids is 1. The number of sulfone groups is 1. The lowest BCUT2D eigenvalue weighted by atomic mass is 9.42. The molecule has 0 radical (unpaired) electrons. The molecule has 0 bridgehead atoms. The van der Waals surface area contributed by atoms with Crippen LogP contribution in [0, 0.1) is 22.7 Å². The molecule has 4 unspecified atom stereocenters. The minimum absolute atomic E-state index is 0.0146. The molecule has 28 heavy (non-hydrogen) atoms. The second kappa shape index (κ2) is 5.74. The topological polar surface area (TPSA) is 91.7 Å². The second-order valence-corrected chi connectivity index (χ2v) is 12.4. The number of carbonyl (C=O) groups is 1. The first-order valence-electron chi connectivity index (χ1n) is 10.2. The molecule has 3 aliphatic rings. The Labute approximate surface area is 167 Å². The molecule has 2 fully saturated rings. The van der Waals surface area contributed by atoms with Crippen LogP contribution in [0.1, 0.15) is 75.7 Å². The van der Waals surface area contributed by atoms with Crippen molar-refractivity contribution < 1.29 is 23.4 Å². The lowest BCUT2D eigenvalue weighted by Crippen LogP contribution is -2.60. The van der Waals surface area contributed by atoms with Gasteiger partial charge < -0.3 is 10.2 Å². The zero-order valence-electron chi connectivity index (χ0n) is 17.1. The van der Waals surface area contributed by atoms with Crippen LogP contribution in [0.4, 0.5) is 0 Å². The molecule has 2 N–H and O–H groups in total. The van der Waals surface area contributed by atoms with E-state index in [1.165, 1.54) is 12.1 Å². The first kappa shape index (κ1) is 19.7. The second-order valence-electron chi connectivity index (χ2n) is 10.4. The maximum absolute atomic E-state index is 13.3. The molecule has 2 aliphatic carbocycles. The molecule has 4 rings (SSSR count). The molecule has 6 heteroatoms. The highest BCUT2D eigenvalue weighted by molar-refractivity contribution is 7.91. The summed E-state index contributed by atoms with van der Waals surface area (Å²) in [6.07, 6.45) is 4.94. The van der Waals surface area contributed by atoms with Gasteiger partial charge >= 0.3 is 5.97 Å². The van der Waals surface area contributed by atoms with Gasteiger partial charge in [0.1, 0.15) is 5.75 Å². The maximum Gasteiger partial charge on any atom is 0.336 e. The summed E-state index contributed by atoms with van der Waals surface area (Å²) in [4.78, 5) is 12.0. The lowest BCUT2D eigenvalue weighted by molar-refractivity contribution is -0.0982. The highest BCUT2D eigenvalue weighted by Gasteiger charge is 2.62. The third-order valence-corrected chi connectivity index (χ3v) is 10.2. The number of benzene rings is 1. The van der Waals surface area contributed by atoms with Gasteiger partial charge in [0.15, 0.2) is 9.84 Å². The fourth-order valence-electron chi connectivity index (χ4n) is 7.24. The van der Waals surface area contributed by atoms with Gasteiger partial charge in [0.2, 0.25) is 0 Å². The Kier molecular flexibility index (Phi) is 4.05. The van der Waals surface area contributed by atoms with Crippen molar-refractivity contribution in [3.63, 3.8) is 0 Å². The molecule has 0 amide bonds. The number of aromatic hydroxyl groups is 1. The van der Waals surface area contributed by atoms with Crippen molar-refractivity contribution in [2.45, 2.75) is 70.1 Å². The van der Waals surface area contributed by atoms with Crippen molar-refractivity contribution in [1.82, 2.24) is 0 Å². The predicted molar refractivity (Wildman–Crippen MR) is 106 cm³/mol. The highest BCUT2D eigenvalue weighted by Crippen LogP contribution is 2.66. The quantitative estimate of drug-likeness (QED) is 0.722. The third kappa shape index (κ3) is 2.49. The largest absolute Gasteiger partial charge is 0.508 e. The number of hydrogen-bond acceptors (Lipinski definition) is 4. The van der Waals surface area contributed by atoms with Gasteiger partial charge in [-0.1, -0.05) is 34.1 Å². The predicted octanol–water partition coefficient (Wildman–Crippen LogP) is 4.38. The van der Waals surface area contributed by atoms with Gasteiger partial charge in [-0.25, -0.2) is 13.2 Å². The van der Waals surface area contributed by atoms with Crippen LogP contribution in [-0.2, 0) is 15.3 Å². The molecule has 5 nitrogen and oxygen atoms in total. The molecule has 4 atom stereocenters. The normalized spacial score (nSPS) is 38.0. The zero-order valence-corrected chi connectivity index (χ0v) is 17.9. The number of carboxylic acids is 1. The van der Waals surface area contributed by atoms with Crippen LogP contribution >= 0.6 is 0 Å². The molecular formula is C22H30O5S. The van der Waals surface area contributed by atoms with E-state index in [9.17, 15) is 23.4 Å². The zero-order chi connectivity index (χ0) is 20.7. The van der Waals surface area contributed by atoms with Gasteiger partial charge in [0.25, 0.3) is 0 Å². The number of rotatable bonds is 1. The van der Waals surface area contributed by atoms with Crippen molar-refractivity contribution in [3.8, 4) is 5.75 Å². The van der Waals surface area contributed by atoms with E-state index in [1.807, 2.05) is 0 Å². The van der Waals surface area contributed by atoms with Gasteiger partial charge in [0, 0.05) is 0 Å². The summed E-state index contributed by atoms with van der Waals surface area (Å²) < 4.78 is 26.5. The lowest BCUT2D eigenvalue weighted by Gasteiger charge is -2.63. The molecule has 1 aromatic rings. The minimum atomic E-state index is -3.68. The molecule has 1 aromatic carbocycles. The summed E-state index contributed by atoms with van der Waals surface area (Å²) in [5, 5.41) is 19.8. The van der Waals surface area contributed by atoms with E-state index in [-0.39, 0.29) is 38.7 Å². The van der Waals surface area contributed by atoms with Crippen molar-refractivity contribution in [2.75, 3.05) is 5.75 Å². The third-order valence-electron chi connectivity index (χ3n) is 8.40. The van der Waals surface area contributed by atoms with Crippen LogP contribution < -0.4 is 0 Å². The Morgan fingerprint density at radius 3 is 2.39 bits per heavy atom. The van der Waals surface area contributed by atoms with E-state index in [2.05, 4.69) is 27.7 Å². The van der Waals surface area contributed by atoms with E-state index in [0.29, 0.717) is 11.5 Å². The van der Waals surface area contributed by atoms with E-state index < -0.39 is 21.2 Å². The van der Waals surface area contributed by atoms with E-state index in [4.69, 9.17) is 0 Å². The fraction of sp³-hybridized carbons (Fsp3) is 0.682. The van der Waals surface area contributed by atoms with Crippen molar-refractivity contribution in [3.05, 3.63) is 23.3 Å². The van der Waals surface area contributed by atoms with Gasteiger partial charge in [-0.15, -0.1) is 0 Å². The summed E-state index contributed by atoms with van der Waals surface area (Å²) in [5.41, 5.74) is -0.170. The monoisotopic (exact) mass is 406 g/mol. The molecule has 154 valence electrons. The van der Waals surface area contributed by atoms with Gasteiger partial charge in [-0.05, 0) is 71.5 Å². The Morgan fingerprint density at radius 1 is 1.07 bits per heavy atom. The Balaban J connectivity index is 1.99. The smallest absolute Gasteiger partial charge is 0.336 e. The van der Waals surface area contributed by atoms with Gasteiger partial charge in [0.05, 0.1) is 16.2 Å². The van der Waals surface area contributed by atoms with Crippen LogP contribution in [0.2, 0.25) is 0 Å². The summed E-state index contributed by atoms with van der Waals surface area (Å²) in [5.74, 6) is -1.16. The molecule has 0 aromatic heterocycles. The molecular weight excluding hydrogens is 376 g/mol. The Bertz CT molecular complexity index is 963. The van der Waals surface area contributed by atoms with Crippen LogP contribution in [0.3, 0.4) is 0 Å².